The van der Waals surface area contributed by atoms with Gasteiger partial charge in [-0.3, -0.25) is 5.10 Å². The number of nitrogens with one attached hydrogen (secondary N) is 1. The van der Waals surface area contributed by atoms with Gasteiger partial charge in [0, 0.05) is 25.2 Å². The quantitative estimate of drug-likeness (QED) is 0.819. The highest BCUT2D eigenvalue weighted by atomic mass is 35.5. The van der Waals surface area contributed by atoms with Crippen LogP contribution in [-0.2, 0) is 15.9 Å². The van der Waals surface area contributed by atoms with Gasteiger partial charge < -0.3 is 4.90 Å². The topological polar surface area (TPSA) is 69.3 Å². The summed E-state index contributed by atoms with van der Waals surface area (Å²) in [6.45, 7) is 1.51. The maximum Gasteiger partial charge on any atom is 0.260 e. The molecule has 0 bridgehead atoms. The minimum absolute atomic E-state index is 0.102. The molecule has 1 saturated heterocycles. The van der Waals surface area contributed by atoms with Gasteiger partial charge in [-0.1, -0.05) is 0 Å². The summed E-state index contributed by atoms with van der Waals surface area (Å²) >= 11 is 5.73. The lowest BCUT2D eigenvalue weighted by Gasteiger charge is -2.25. The first-order valence-electron chi connectivity index (χ1n) is 6.21. The van der Waals surface area contributed by atoms with Crippen LogP contribution in [0.1, 0.15) is 18.4 Å². The highest BCUT2D eigenvalue weighted by Crippen LogP contribution is 2.21. The lowest BCUT2D eigenvalue weighted by molar-refractivity contribution is 0.270. The number of aromatic nitrogens is 2. The number of likely N-dealkylation sites (tertiary alicyclic amines) is 1. The fourth-order valence-corrected chi connectivity index (χ4v) is 3.96. The second-order valence-electron chi connectivity index (χ2n) is 4.92. The molecule has 1 fully saturated rings. The van der Waals surface area contributed by atoms with Crippen molar-refractivity contribution in [2.75, 3.05) is 27.2 Å². The minimum atomic E-state index is -3.55. The second-order valence-corrected chi connectivity index (χ2v) is 7.17. The Balaban J connectivity index is 2.15. The molecule has 0 saturated carbocycles. The van der Waals surface area contributed by atoms with Crippen LogP contribution < -0.4 is 0 Å². The summed E-state index contributed by atoms with van der Waals surface area (Å²) < 4.78 is 26.3. The average molecular weight is 307 g/mol. The summed E-state index contributed by atoms with van der Waals surface area (Å²) in [4.78, 5) is 2.20. The van der Waals surface area contributed by atoms with Crippen LogP contribution >= 0.6 is 11.6 Å². The minimum Gasteiger partial charge on any atom is -0.302 e. The van der Waals surface area contributed by atoms with Crippen molar-refractivity contribution >= 4 is 21.6 Å². The van der Waals surface area contributed by atoms with Crippen LogP contribution in [0.2, 0.25) is 0 Å². The molecule has 0 amide bonds. The van der Waals surface area contributed by atoms with Crippen LogP contribution in [0.5, 0.6) is 0 Å². The fraction of sp³-hybridized carbons (Fsp3) is 0.727. The molecule has 1 aromatic rings. The van der Waals surface area contributed by atoms with Gasteiger partial charge in [0.05, 0.1) is 12.1 Å². The zero-order valence-electron chi connectivity index (χ0n) is 11.1. The monoisotopic (exact) mass is 306 g/mol. The fourth-order valence-electron chi connectivity index (χ4n) is 2.38. The third kappa shape index (κ3) is 2.94. The molecular weight excluding hydrogens is 288 g/mol. The third-order valence-corrected chi connectivity index (χ3v) is 5.76. The molecule has 2 rings (SSSR count). The van der Waals surface area contributed by atoms with Crippen LogP contribution in [0.15, 0.2) is 11.2 Å². The van der Waals surface area contributed by atoms with Gasteiger partial charge in [0.2, 0.25) is 0 Å². The summed E-state index contributed by atoms with van der Waals surface area (Å²) in [5.41, 5.74) is 0.508. The maximum absolute atomic E-state index is 12.4. The molecule has 0 aliphatic carbocycles. The van der Waals surface area contributed by atoms with E-state index < -0.39 is 10.0 Å². The number of likely N-dealkylation sites (N-methyl/N-ethyl adjacent to an activating group) is 2. The molecule has 0 spiro atoms. The van der Waals surface area contributed by atoms with Gasteiger partial charge in [0.15, 0.2) is 5.03 Å². The number of nitrogens with zero attached hydrogens (tertiary/aromatic N) is 3. The molecule has 19 heavy (non-hydrogen) atoms. The molecule has 1 aliphatic heterocycles. The molecule has 1 unspecified atom stereocenters. The summed E-state index contributed by atoms with van der Waals surface area (Å²) in [6, 6.07) is 0.280. The molecule has 1 aliphatic rings. The SMILES string of the molecule is CN1CCCC1CN(C)S(=O)(=O)c1[nH]ncc1CCl. The number of halogens is 1. The lowest BCUT2D eigenvalue weighted by atomic mass is 10.2. The Morgan fingerprint density at radius 1 is 1.63 bits per heavy atom. The van der Waals surface area contributed by atoms with Gasteiger partial charge in [0.1, 0.15) is 0 Å². The zero-order valence-corrected chi connectivity index (χ0v) is 12.7. The number of hydrogen-bond donors (Lipinski definition) is 1. The van der Waals surface area contributed by atoms with Gasteiger partial charge in [-0.2, -0.15) is 9.40 Å². The molecule has 0 radical (unpaired) electrons. The maximum atomic E-state index is 12.4. The Labute approximate surface area is 118 Å². The van der Waals surface area contributed by atoms with E-state index in [2.05, 4.69) is 15.1 Å². The van der Waals surface area contributed by atoms with Gasteiger partial charge in [-0.15, -0.1) is 11.6 Å². The molecule has 2 heterocycles. The van der Waals surface area contributed by atoms with E-state index in [1.54, 1.807) is 7.05 Å². The second kappa shape index (κ2) is 5.78. The van der Waals surface area contributed by atoms with Crippen LogP contribution in [0.4, 0.5) is 0 Å². The first-order chi connectivity index (χ1) is 8.96. The Morgan fingerprint density at radius 2 is 2.37 bits per heavy atom. The normalized spacial score (nSPS) is 21.4. The van der Waals surface area contributed by atoms with Crippen molar-refractivity contribution in [1.29, 1.82) is 0 Å². The Hall–Kier alpha value is -0.630. The predicted octanol–water partition coefficient (Wildman–Crippen LogP) is 0.863. The van der Waals surface area contributed by atoms with E-state index in [1.165, 1.54) is 10.5 Å². The average Bonchev–Trinajstić information content (AvgIpc) is 2.98. The van der Waals surface area contributed by atoms with Crippen LogP contribution in [0.25, 0.3) is 0 Å². The van der Waals surface area contributed by atoms with E-state index in [0.717, 1.165) is 19.4 Å². The summed E-state index contributed by atoms with van der Waals surface area (Å²) in [5, 5.41) is 6.40. The van der Waals surface area contributed by atoms with Crippen molar-refractivity contribution in [3.8, 4) is 0 Å². The van der Waals surface area contributed by atoms with E-state index in [9.17, 15) is 8.42 Å². The number of rotatable bonds is 5. The van der Waals surface area contributed by atoms with Gasteiger partial charge in [-0.25, -0.2) is 8.42 Å². The van der Waals surface area contributed by atoms with Crippen molar-refractivity contribution in [2.24, 2.45) is 0 Å². The number of aromatic amines is 1. The van der Waals surface area contributed by atoms with Gasteiger partial charge >= 0.3 is 0 Å². The Kier molecular flexibility index (Phi) is 4.50. The summed E-state index contributed by atoms with van der Waals surface area (Å²) in [5.74, 6) is 0.127. The molecule has 6 nitrogen and oxygen atoms in total. The van der Waals surface area contributed by atoms with Crippen LogP contribution in [0.3, 0.4) is 0 Å². The zero-order chi connectivity index (χ0) is 14.0. The van der Waals surface area contributed by atoms with Crippen molar-refractivity contribution < 1.29 is 8.42 Å². The standard InChI is InChI=1S/C11H19ClN4O2S/c1-15-5-3-4-10(15)8-16(2)19(17,18)11-9(6-12)7-13-14-11/h7,10H,3-6,8H2,1-2H3,(H,13,14). The Bertz CT molecular complexity index is 531. The van der Waals surface area contributed by atoms with Crippen molar-refractivity contribution in [1.82, 2.24) is 19.4 Å². The summed E-state index contributed by atoms with van der Waals surface area (Å²) in [6.07, 6.45) is 3.60. The number of sulfonamides is 1. The van der Waals surface area contributed by atoms with E-state index in [4.69, 9.17) is 11.6 Å². The first-order valence-corrected chi connectivity index (χ1v) is 8.19. The molecule has 1 atom stereocenters. The molecule has 8 heteroatoms. The Morgan fingerprint density at radius 3 is 2.95 bits per heavy atom. The number of H-pyrrole nitrogens is 1. The number of alkyl halides is 1. The van der Waals surface area contributed by atoms with E-state index in [0.29, 0.717) is 12.1 Å². The smallest absolute Gasteiger partial charge is 0.260 e. The third-order valence-electron chi connectivity index (χ3n) is 3.63. The number of hydrogen-bond acceptors (Lipinski definition) is 4. The molecule has 108 valence electrons. The highest BCUT2D eigenvalue weighted by molar-refractivity contribution is 7.89. The largest absolute Gasteiger partial charge is 0.302 e. The predicted molar refractivity (Wildman–Crippen MR) is 73.6 cm³/mol. The molecule has 1 aromatic heterocycles. The first kappa shape index (κ1) is 14.8. The molecular formula is C11H19ClN4O2S. The van der Waals surface area contributed by atoms with E-state index in [1.807, 2.05) is 7.05 Å². The van der Waals surface area contributed by atoms with Crippen LogP contribution in [-0.4, -0.2) is 61.0 Å². The lowest BCUT2D eigenvalue weighted by Crippen LogP contribution is -2.39. The molecule has 1 N–H and O–H groups in total. The van der Waals surface area contributed by atoms with Crippen molar-refractivity contribution in [3.63, 3.8) is 0 Å². The summed E-state index contributed by atoms with van der Waals surface area (Å²) in [7, 11) is 0.0787. The highest BCUT2D eigenvalue weighted by Gasteiger charge is 2.30. The van der Waals surface area contributed by atoms with E-state index in [-0.39, 0.29) is 16.9 Å². The van der Waals surface area contributed by atoms with Crippen molar-refractivity contribution in [2.45, 2.75) is 29.8 Å². The van der Waals surface area contributed by atoms with Gasteiger partial charge in [0.25, 0.3) is 10.0 Å². The van der Waals surface area contributed by atoms with Crippen LogP contribution in [0, 0.1) is 0 Å². The molecule has 0 aromatic carbocycles. The van der Waals surface area contributed by atoms with Crippen molar-refractivity contribution in [3.05, 3.63) is 11.8 Å². The van der Waals surface area contributed by atoms with E-state index >= 15 is 0 Å². The van der Waals surface area contributed by atoms with Gasteiger partial charge in [-0.05, 0) is 26.4 Å².